The molecule has 1 rings (SSSR count). The maximum atomic E-state index is 11.9. The van der Waals surface area contributed by atoms with Crippen LogP contribution in [0.2, 0.25) is 0 Å². The van der Waals surface area contributed by atoms with Gasteiger partial charge in [0.15, 0.2) is 0 Å². The molecule has 22 heavy (non-hydrogen) atoms. The molecule has 0 spiro atoms. The molecule has 0 atom stereocenters. The summed E-state index contributed by atoms with van der Waals surface area (Å²) in [6, 6.07) is 0. The fourth-order valence-electron chi connectivity index (χ4n) is 2.17. The van der Waals surface area contributed by atoms with E-state index in [9.17, 15) is 18.0 Å². The zero-order valence-corrected chi connectivity index (χ0v) is 14.3. The summed E-state index contributed by atoms with van der Waals surface area (Å²) in [7, 11) is -0.125. The number of sulfonamides is 1. The molecule has 0 aliphatic heterocycles. The van der Waals surface area contributed by atoms with Gasteiger partial charge in [-0.15, -0.1) is 0 Å². The number of aromatic nitrogens is 2. The molecule has 0 bridgehead atoms. The van der Waals surface area contributed by atoms with Crippen molar-refractivity contribution in [2.45, 2.75) is 19.9 Å². The molecule has 0 amide bonds. The molecule has 1 aromatic heterocycles. The Morgan fingerprint density at radius 2 is 1.91 bits per heavy atom. The summed E-state index contributed by atoms with van der Waals surface area (Å²) in [5.74, 6) is 0. The second-order valence-electron chi connectivity index (χ2n) is 5.20. The SMILES string of the molecule is CCN(CCCNCc1cn(C)c(=O)n(C)c1=O)S(C)(=O)=O. The highest BCUT2D eigenvalue weighted by Gasteiger charge is 2.13. The Bertz CT molecular complexity index is 721. The minimum atomic E-state index is -3.16. The largest absolute Gasteiger partial charge is 0.330 e. The van der Waals surface area contributed by atoms with Crippen LogP contribution in [-0.2, 0) is 30.7 Å². The van der Waals surface area contributed by atoms with E-state index in [4.69, 9.17) is 0 Å². The quantitative estimate of drug-likeness (QED) is 0.607. The summed E-state index contributed by atoms with van der Waals surface area (Å²) in [4.78, 5) is 23.5. The lowest BCUT2D eigenvalue weighted by Gasteiger charge is -2.17. The third kappa shape index (κ3) is 4.79. The molecule has 0 saturated heterocycles. The normalized spacial score (nSPS) is 12.0. The smallest absolute Gasteiger partial charge is 0.312 e. The van der Waals surface area contributed by atoms with Crippen LogP contribution in [0.4, 0.5) is 0 Å². The molecule has 1 heterocycles. The second kappa shape index (κ2) is 7.70. The van der Waals surface area contributed by atoms with E-state index in [1.807, 2.05) is 0 Å². The van der Waals surface area contributed by atoms with Gasteiger partial charge in [0.25, 0.3) is 5.56 Å². The first-order valence-corrected chi connectivity index (χ1v) is 8.94. The molecule has 0 aliphatic carbocycles. The molecule has 0 saturated carbocycles. The lowest BCUT2D eigenvalue weighted by atomic mass is 10.3. The average molecular weight is 332 g/mol. The van der Waals surface area contributed by atoms with Crippen LogP contribution in [-0.4, -0.2) is 47.7 Å². The molecule has 126 valence electrons. The van der Waals surface area contributed by atoms with Crippen LogP contribution in [0.5, 0.6) is 0 Å². The monoisotopic (exact) mass is 332 g/mol. The third-order valence-electron chi connectivity index (χ3n) is 3.42. The molecular formula is C13H24N4O4S. The first-order valence-electron chi connectivity index (χ1n) is 7.09. The third-order valence-corrected chi connectivity index (χ3v) is 4.79. The van der Waals surface area contributed by atoms with Crippen molar-refractivity contribution in [3.05, 3.63) is 32.6 Å². The molecule has 1 aromatic rings. The molecule has 0 fully saturated rings. The number of nitrogens with one attached hydrogen (secondary N) is 1. The summed E-state index contributed by atoms with van der Waals surface area (Å²) in [5.41, 5.74) is -0.178. The maximum absolute atomic E-state index is 11.9. The number of nitrogens with zero attached hydrogens (tertiary/aromatic N) is 3. The van der Waals surface area contributed by atoms with Crippen molar-refractivity contribution in [2.24, 2.45) is 14.1 Å². The molecule has 9 heteroatoms. The first kappa shape index (κ1) is 18.6. The molecule has 0 radical (unpaired) electrons. The van der Waals surface area contributed by atoms with Crippen molar-refractivity contribution in [1.29, 1.82) is 0 Å². The van der Waals surface area contributed by atoms with Crippen LogP contribution >= 0.6 is 0 Å². The van der Waals surface area contributed by atoms with Gasteiger partial charge in [-0.05, 0) is 13.0 Å². The van der Waals surface area contributed by atoms with Gasteiger partial charge in [-0.25, -0.2) is 17.5 Å². The van der Waals surface area contributed by atoms with Crippen LogP contribution in [0.1, 0.15) is 18.9 Å². The van der Waals surface area contributed by atoms with Gasteiger partial charge < -0.3 is 9.88 Å². The number of aryl methyl sites for hydroxylation is 1. The van der Waals surface area contributed by atoms with Gasteiger partial charge >= 0.3 is 5.69 Å². The first-order chi connectivity index (χ1) is 10.2. The van der Waals surface area contributed by atoms with Crippen LogP contribution in [0.15, 0.2) is 15.8 Å². The van der Waals surface area contributed by atoms with E-state index in [0.717, 1.165) is 4.57 Å². The van der Waals surface area contributed by atoms with Gasteiger partial charge in [-0.2, -0.15) is 0 Å². The van der Waals surface area contributed by atoms with Crippen LogP contribution in [0.25, 0.3) is 0 Å². The maximum Gasteiger partial charge on any atom is 0.330 e. The summed E-state index contributed by atoms with van der Waals surface area (Å²) in [6.45, 7) is 3.60. The van der Waals surface area contributed by atoms with Crippen molar-refractivity contribution in [3.63, 3.8) is 0 Å². The zero-order chi connectivity index (χ0) is 16.9. The predicted octanol–water partition coefficient (Wildman–Crippen LogP) is -1.15. The highest BCUT2D eigenvalue weighted by atomic mass is 32.2. The van der Waals surface area contributed by atoms with Crippen LogP contribution < -0.4 is 16.6 Å². The Kier molecular flexibility index (Phi) is 6.51. The Morgan fingerprint density at radius 1 is 1.27 bits per heavy atom. The lowest BCUT2D eigenvalue weighted by Crippen LogP contribution is -2.39. The second-order valence-corrected chi connectivity index (χ2v) is 7.18. The summed E-state index contributed by atoms with van der Waals surface area (Å²) in [5, 5.41) is 3.10. The molecule has 0 unspecified atom stereocenters. The van der Waals surface area contributed by atoms with Gasteiger partial charge in [-0.3, -0.25) is 9.36 Å². The summed E-state index contributed by atoms with van der Waals surface area (Å²) >= 11 is 0. The standard InChI is InChI=1S/C13H24N4O4S/c1-5-17(22(4,20)21)8-6-7-14-9-11-10-15(2)13(19)16(3)12(11)18/h10,14H,5-9H2,1-4H3. The Labute approximate surface area is 130 Å². The minimum Gasteiger partial charge on any atom is -0.312 e. The molecule has 0 aliphatic rings. The highest BCUT2D eigenvalue weighted by Crippen LogP contribution is 1.98. The lowest BCUT2D eigenvalue weighted by molar-refractivity contribution is 0.419. The zero-order valence-electron chi connectivity index (χ0n) is 13.5. The molecule has 0 aromatic carbocycles. The molecule has 1 N–H and O–H groups in total. The van der Waals surface area contributed by atoms with E-state index in [0.29, 0.717) is 38.2 Å². The predicted molar refractivity (Wildman–Crippen MR) is 85.3 cm³/mol. The van der Waals surface area contributed by atoms with Crippen molar-refractivity contribution in [2.75, 3.05) is 25.9 Å². The Morgan fingerprint density at radius 3 is 2.45 bits per heavy atom. The van der Waals surface area contributed by atoms with E-state index in [1.54, 1.807) is 14.0 Å². The van der Waals surface area contributed by atoms with E-state index in [-0.39, 0.29) is 11.2 Å². The van der Waals surface area contributed by atoms with Gasteiger partial charge in [-0.1, -0.05) is 6.92 Å². The van der Waals surface area contributed by atoms with Gasteiger partial charge in [0.1, 0.15) is 0 Å². The van der Waals surface area contributed by atoms with Crippen molar-refractivity contribution in [1.82, 2.24) is 18.8 Å². The van der Waals surface area contributed by atoms with Crippen molar-refractivity contribution >= 4 is 10.0 Å². The Hall–Kier alpha value is -1.45. The van der Waals surface area contributed by atoms with Crippen molar-refractivity contribution in [3.8, 4) is 0 Å². The summed E-state index contributed by atoms with van der Waals surface area (Å²) < 4.78 is 26.7. The van der Waals surface area contributed by atoms with Gasteiger partial charge in [0.05, 0.1) is 6.26 Å². The van der Waals surface area contributed by atoms with E-state index in [1.165, 1.54) is 28.4 Å². The summed E-state index contributed by atoms with van der Waals surface area (Å²) in [6.07, 6.45) is 3.36. The van der Waals surface area contributed by atoms with E-state index in [2.05, 4.69) is 5.32 Å². The molecule has 8 nitrogen and oxygen atoms in total. The van der Waals surface area contributed by atoms with Gasteiger partial charge in [0.2, 0.25) is 10.0 Å². The van der Waals surface area contributed by atoms with Crippen molar-refractivity contribution < 1.29 is 8.42 Å². The van der Waals surface area contributed by atoms with Gasteiger partial charge in [0, 0.05) is 45.5 Å². The highest BCUT2D eigenvalue weighted by molar-refractivity contribution is 7.88. The fraction of sp³-hybridized carbons (Fsp3) is 0.692. The topological polar surface area (TPSA) is 93.4 Å². The average Bonchev–Trinajstić information content (AvgIpc) is 2.44. The number of hydrogen-bond donors (Lipinski definition) is 1. The van der Waals surface area contributed by atoms with Crippen LogP contribution in [0, 0.1) is 0 Å². The minimum absolute atomic E-state index is 0.318. The number of rotatable bonds is 8. The fourth-order valence-corrected chi connectivity index (χ4v) is 3.10. The van der Waals surface area contributed by atoms with E-state index >= 15 is 0 Å². The molecular weight excluding hydrogens is 308 g/mol. The van der Waals surface area contributed by atoms with Crippen LogP contribution in [0.3, 0.4) is 0 Å². The Balaban J connectivity index is 2.53. The number of hydrogen-bond acceptors (Lipinski definition) is 5. The van der Waals surface area contributed by atoms with E-state index < -0.39 is 10.0 Å².